The van der Waals surface area contributed by atoms with Crippen molar-refractivity contribution in [2.45, 2.75) is 6.61 Å². The number of para-hydroxylation sites is 1. The van der Waals surface area contributed by atoms with Crippen molar-refractivity contribution in [2.24, 2.45) is 0 Å². The van der Waals surface area contributed by atoms with Crippen molar-refractivity contribution in [3.05, 3.63) is 58.3 Å². The fourth-order valence-corrected chi connectivity index (χ4v) is 1.33. The van der Waals surface area contributed by atoms with Gasteiger partial charge in [-0.2, -0.15) is 4.39 Å². The van der Waals surface area contributed by atoms with E-state index in [0.29, 0.717) is 5.76 Å². The number of furan rings is 1. The van der Waals surface area contributed by atoms with E-state index in [-0.39, 0.29) is 12.4 Å². The minimum atomic E-state index is -0.924. The standard InChI is InChI=1S/C11H8FNO4/c12-9-4-1-5-10(11(9)13(14)15)17-7-8-3-2-6-16-8/h1-6H,7H2. The highest BCUT2D eigenvalue weighted by Crippen LogP contribution is 2.30. The number of nitro benzene ring substituents is 1. The van der Waals surface area contributed by atoms with Crippen molar-refractivity contribution in [3.63, 3.8) is 0 Å². The van der Waals surface area contributed by atoms with Crippen LogP contribution in [-0.4, -0.2) is 4.92 Å². The molecule has 0 spiro atoms. The second kappa shape index (κ2) is 4.65. The maximum atomic E-state index is 13.2. The first kappa shape index (κ1) is 11.1. The van der Waals surface area contributed by atoms with Gasteiger partial charge in [0.05, 0.1) is 11.2 Å². The highest BCUT2D eigenvalue weighted by Gasteiger charge is 2.21. The van der Waals surface area contributed by atoms with E-state index >= 15 is 0 Å². The topological polar surface area (TPSA) is 65.5 Å². The van der Waals surface area contributed by atoms with Gasteiger partial charge < -0.3 is 9.15 Å². The molecule has 17 heavy (non-hydrogen) atoms. The Hall–Kier alpha value is -2.37. The average Bonchev–Trinajstić information content (AvgIpc) is 2.78. The lowest BCUT2D eigenvalue weighted by Gasteiger charge is -2.05. The van der Waals surface area contributed by atoms with Crippen LogP contribution in [0.2, 0.25) is 0 Å². The molecule has 6 heteroatoms. The monoisotopic (exact) mass is 237 g/mol. The van der Waals surface area contributed by atoms with E-state index in [1.165, 1.54) is 18.4 Å². The van der Waals surface area contributed by atoms with Crippen LogP contribution in [0.25, 0.3) is 0 Å². The van der Waals surface area contributed by atoms with Crippen molar-refractivity contribution in [2.75, 3.05) is 0 Å². The average molecular weight is 237 g/mol. The Morgan fingerprint density at radius 1 is 1.35 bits per heavy atom. The molecule has 0 atom stereocenters. The Morgan fingerprint density at radius 2 is 2.18 bits per heavy atom. The summed E-state index contributed by atoms with van der Waals surface area (Å²) in [6.07, 6.45) is 1.46. The first-order valence-electron chi connectivity index (χ1n) is 4.76. The van der Waals surface area contributed by atoms with Crippen molar-refractivity contribution in [3.8, 4) is 5.75 Å². The third-order valence-electron chi connectivity index (χ3n) is 2.08. The summed E-state index contributed by atoms with van der Waals surface area (Å²) in [4.78, 5) is 9.85. The van der Waals surface area contributed by atoms with Crippen molar-refractivity contribution >= 4 is 5.69 Å². The quantitative estimate of drug-likeness (QED) is 0.605. The van der Waals surface area contributed by atoms with Gasteiger partial charge >= 0.3 is 5.69 Å². The van der Waals surface area contributed by atoms with Crippen LogP contribution < -0.4 is 4.74 Å². The van der Waals surface area contributed by atoms with E-state index in [1.54, 1.807) is 12.1 Å². The molecule has 1 heterocycles. The summed E-state index contributed by atoms with van der Waals surface area (Å²) in [5.41, 5.74) is -0.668. The zero-order valence-electron chi connectivity index (χ0n) is 8.63. The van der Waals surface area contributed by atoms with Gasteiger partial charge in [0.1, 0.15) is 12.4 Å². The van der Waals surface area contributed by atoms with Crippen LogP contribution in [-0.2, 0) is 6.61 Å². The number of benzene rings is 1. The molecule has 0 saturated heterocycles. The molecular formula is C11H8FNO4. The summed E-state index contributed by atoms with van der Waals surface area (Å²) < 4.78 is 23.4. The largest absolute Gasteiger partial charge is 0.479 e. The van der Waals surface area contributed by atoms with Gasteiger partial charge in [-0.1, -0.05) is 6.07 Å². The van der Waals surface area contributed by atoms with E-state index in [4.69, 9.17) is 9.15 Å². The van der Waals surface area contributed by atoms with E-state index in [9.17, 15) is 14.5 Å². The molecule has 88 valence electrons. The second-order valence-corrected chi connectivity index (χ2v) is 3.21. The molecular weight excluding hydrogens is 229 g/mol. The van der Waals surface area contributed by atoms with Crippen molar-refractivity contribution in [1.29, 1.82) is 0 Å². The number of nitro groups is 1. The van der Waals surface area contributed by atoms with E-state index in [1.807, 2.05) is 0 Å². The van der Waals surface area contributed by atoms with Gasteiger partial charge in [0.25, 0.3) is 0 Å². The minimum Gasteiger partial charge on any atom is -0.479 e. The second-order valence-electron chi connectivity index (χ2n) is 3.21. The third kappa shape index (κ3) is 2.41. The Balaban J connectivity index is 2.21. The number of nitrogens with zero attached hydrogens (tertiary/aromatic N) is 1. The van der Waals surface area contributed by atoms with Crippen LogP contribution in [0, 0.1) is 15.9 Å². The molecule has 0 fully saturated rings. The van der Waals surface area contributed by atoms with Crippen LogP contribution in [0.1, 0.15) is 5.76 Å². The van der Waals surface area contributed by atoms with Crippen LogP contribution in [0.15, 0.2) is 41.0 Å². The van der Waals surface area contributed by atoms with E-state index in [0.717, 1.165) is 6.07 Å². The van der Waals surface area contributed by atoms with Crippen LogP contribution in [0.4, 0.5) is 10.1 Å². The van der Waals surface area contributed by atoms with Gasteiger partial charge in [-0.15, -0.1) is 0 Å². The fourth-order valence-electron chi connectivity index (χ4n) is 1.33. The SMILES string of the molecule is O=[N+]([O-])c1c(F)cccc1OCc1ccco1. The Labute approximate surface area is 95.6 Å². The van der Waals surface area contributed by atoms with Gasteiger partial charge in [-0.3, -0.25) is 10.1 Å². The van der Waals surface area contributed by atoms with Crippen LogP contribution in [0.3, 0.4) is 0 Å². The number of halogens is 1. The minimum absolute atomic E-state index is 0.0112. The van der Waals surface area contributed by atoms with Gasteiger partial charge in [0.15, 0.2) is 0 Å². The van der Waals surface area contributed by atoms with Gasteiger partial charge in [0, 0.05) is 0 Å². The molecule has 2 aromatic rings. The molecule has 1 aromatic heterocycles. The molecule has 1 aromatic carbocycles. The maximum absolute atomic E-state index is 13.2. The molecule has 0 N–H and O–H groups in total. The summed E-state index contributed by atoms with van der Waals surface area (Å²) in [7, 11) is 0. The number of hydrogen-bond donors (Lipinski definition) is 0. The van der Waals surface area contributed by atoms with Crippen LogP contribution in [0.5, 0.6) is 5.75 Å². The fraction of sp³-hybridized carbons (Fsp3) is 0.0909. The zero-order valence-corrected chi connectivity index (χ0v) is 8.63. The number of hydrogen-bond acceptors (Lipinski definition) is 4. The summed E-state index contributed by atoms with van der Waals surface area (Å²) in [6, 6.07) is 7.02. The van der Waals surface area contributed by atoms with E-state index < -0.39 is 16.4 Å². The first-order chi connectivity index (χ1) is 8.18. The van der Waals surface area contributed by atoms with Gasteiger partial charge in [-0.25, -0.2) is 0 Å². The first-order valence-corrected chi connectivity index (χ1v) is 4.76. The smallest absolute Gasteiger partial charge is 0.346 e. The maximum Gasteiger partial charge on any atom is 0.346 e. The Kier molecular flexibility index (Phi) is 3.04. The molecule has 5 nitrogen and oxygen atoms in total. The lowest BCUT2D eigenvalue weighted by atomic mass is 10.3. The molecule has 0 amide bonds. The van der Waals surface area contributed by atoms with Crippen LogP contribution >= 0.6 is 0 Å². The molecule has 0 radical (unpaired) electrons. The highest BCUT2D eigenvalue weighted by atomic mass is 19.1. The van der Waals surface area contributed by atoms with Gasteiger partial charge in [0.2, 0.25) is 11.6 Å². The molecule has 0 unspecified atom stereocenters. The molecule has 0 bridgehead atoms. The lowest BCUT2D eigenvalue weighted by Crippen LogP contribution is -2.00. The zero-order chi connectivity index (χ0) is 12.3. The normalized spacial score (nSPS) is 10.2. The van der Waals surface area contributed by atoms with E-state index in [2.05, 4.69) is 0 Å². The molecule has 0 aliphatic heterocycles. The van der Waals surface area contributed by atoms with Gasteiger partial charge in [-0.05, 0) is 24.3 Å². The molecule has 2 rings (SSSR count). The summed E-state index contributed by atoms with van der Waals surface area (Å²) in [6.45, 7) is 0.0112. The third-order valence-corrected chi connectivity index (χ3v) is 2.08. The molecule has 0 saturated carbocycles. The summed E-state index contributed by atoms with van der Waals surface area (Å²) in [5.74, 6) is -0.540. The Bertz CT molecular complexity index is 524. The molecule has 0 aliphatic carbocycles. The van der Waals surface area contributed by atoms with Crippen molar-refractivity contribution in [1.82, 2.24) is 0 Å². The number of rotatable bonds is 4. The van der Waals surface area contributed by atoms with Crippen molar-refractivity contribution < 1.29 is 18.5 Å². The summed E-state index contributed by atoms with van der Waals surface area (Å²) in [5, 5.41) is 10.7. The Morgan fingerprint density at radius 3 is 2.82 bits per heavy atom. The number of ether oxygens (including phenoxy) is 1. The summed E-state index contributed by atoms with van der Waals surface area (Å²) >= 11 is 0. The highest BCUT2D eigenvalue weighted by molar-refractivity contribution is 5.47. The lowest BCUT2D eigenvalue weighted by molar-refractivity contribution is -0.388. The predicted molar refractivity (Wildman–Crippen MR) is 56.1 cm³/mol. The predicted octanol–water partition coefficient (Wildman–Crippen LogP) is 2.91. The molecule has 0 aliphatic rings.